The Morgan fingerprint density at radius 2 is 1.90 bits per heavy atom. The minimum Gasteiger partial charge on any atom is -0.312 e. The molecule has 1 unspecified atom stereocenters. The van der Waals surface area contributed by atoms with Crippen LogP contribution in [0.3, 0.4) is 0 Å². The minimum absolute atomic E-state index is 0.654. The monoisotopic (exact) mass is 306 g/mol. The van der Waals surface area contributed by atoms with Crippen LogP contribution >= 0.6 is 11.6 Å². The van der Waals surface area contributed by atoms with E-state index in [1.54, 1.807) is 0 Å². The van der Waals surface area contributed by atoms with E-state index in [-0.39, 0.29) is 0 Å². The number of hydrogen-bond donors (Lipinski definition) is 1. The SMILES string of the molecule is CC(CNC1CC(c2ccccc2Cl)C1)N1CCCCC1. The van der Waals surface area contributed by atoms with Crippen LogP contribution in [0.15, 0.2) is 24.3 Å². The standard InChI is InChI=1S/C18H27ClN2/c1-14(21-9-5-2-6-10-21)13-20-16-11-15(12-16)17-7-3-4-8-18(17)19/h3-4,7-8,14-16,20H,2,5-6,9-13H2,1H3. The Labute approximate surface area is 133 Å². The predicted octanol–water partition coefficient (Wildman–Crippen LogP) is 4.05. The molecule has 2 fully saturated rings. The van der Waals surface area contributed by atoms with E-state index in [2.05, 4.69) is 29.3 Å². The number of benzene rings is 1. The molecule has 1 heterocycles. The van der Waals surface area contributed by atoms with E-state index >= 15 is 0 Å². The van der Waals surface area contributed by atoms with Crippen LogP contribution in [0.2, 0.25) is 5.02 Å². The first kappa shape index (κ1) is 15.3. The number of likely N-dealkylation sites (tertiary alicyclic amines) is 1. The number of hydrogen-bond acceptors (Lipinski definition) is 2. The second-order valence-electron chi connectivity index (χ2n) is 6.74. The van der Waals surface area contributed by atoms with Gasteiger partial charge < -0.3 is 5.32 Å². The number of nitrogens with zero attached hydrogens (tertiary/aromatic N) is 1. The zero-order valence-electron chi connectivity index (χ0n) is 13.0. The first-order valence-corrected chi connectivity index (χ1v) is 8.83. The molecule has 1 saturated heterocycles. The number of nitrogens with one attached hydrogen (secondary N) is 1. The average molecular weight is 307 g/mol. The fraction of sp³-hybridized carbons (Fsp3) is 0.667. The summed E-state index contributed by atoms with van der Waals surface area (Å²) in [5.41, 5.74) is 1.33. The van der Waals surface area contributed by atoms with Gasteiger partial charge in [-0.15, -0.1) is 0 Å². The molecule has 1 aliphatic carbocycles. The third kappa shape index (κ3) is 3.80. The van der Waals surface area contributed by atoms with E-state index in [1.165, 1.54) is 50.8 Å². The van der Waals surface area contributed by atoms with Crippen molar-refractivity contribution in [3.63, 3.8) is 0 Å². The van der Waals surface area contributed by atoms with Crippen molar-refractivity contribution in [2.45, 2.75) is 57.0 Å². The van der Waals surface area contributed by atoms with Crippen LogP contribution in [0.1, 0.15) is 50.5 Å². The van der Waals surface area contributed by atoms with Gasteiger partial charge in [0.2, 0.25) is 0 Å². The molecule has 1 atom stereocenters. The molecule has 0 aromatic heterocycles. The highest BCUT2D eigenvalue weighted by molar-refractivity contribution is 6.31. The molecule has 1 aromatic rings. The summed E-state index contributed by atoms with van der Waals surface area (Å²) in [4.78, 5) is 2.64. The van der Waals surface area contributed by atoms with Gasteiger partial charge in [-0.3, -0.25) is 4.90 Å². The molecule has 0 radical (unpaired) electrons. The first-order valence-electron chi connectivity index (χ1n) is 8.46. The summed E-state index contributed by atoms with van der Waals surface area (Å²) in [6, 6.07) is 9.65. The van der Waals surface area contributed by atoms with Crippen LogP contribution < -0.4 is 5.32 Å². The molecular weight excluding hydrogens is 280 g/mol. The molecule has 2 nitrogen and oxygen atoms in total. The van der Waals surface area contributed by atoms with Crippen LogP contribution in [0, 0.1) is 0 Å². The Bertz CT molecular complexity index is 450. The summed E-state index contributed by atoms with van der Waals surface area (Å²) in [6.45, 7) is 6.06. The quantitative estimate of drug-likeness (QED) is 0.883. The predicted molar refractivity (Wildman–Crippen MR) is 90.1 cm³/mol. The van der Waals surface area contributed by atoms with E-state index < -0.39 is 0 Å². The number of piperidine rings is 1. The smallest absolute Gasteiger partial charge is 0.0440 e. The van der Waals surface area contributed by atoms with Gasteiger partial charge in [-0.2, -0.15) is 0 Å². The highest BCUT2D eigenvalue weighted by Crippen LogP contribution is 2.39. The van der Waals surface area contributed by atoms with Crippen LogP contribution in [0.5, 0.6) is 0 Å². The van der Waals surface area contributed by atoms with Crippen molar-refractivity contribution in [3.8, 4) is 0 Å². The van der Waals surface area contributed by atoms with Crippen molar-refractivity contribution in [2.24, 2.45) is 0 Å². The van der Waals surface area contributed by atoms with E-state index in [4.69, 9.17) is 11.6 Å². The molecule has 1 saturated carbocycles. The Morgan fingerprint density at radius 1 is 1.19 bits per heavy atom. The Morgan fingerprint density at radius 3 is 2.62 bits per heavy atom. The maximum atomic E-state index is 6.28. The average Bonchev–Trinajstić information content (AvgIpc) is 2.48. The summed E-state index contributed by atoms with van der Waals surface area (Å²) in [6.07, 6.45) is 6.64. The highest BCUT2D eigenvalue weighted by Gasteiger charge is 2.31. The van der Waals surface area contributed by atoms with Crippen molar-refractivity contribution in [2.75, 3.05) is 19.6 Å². The maximum absolute atomic E-state index is 6.28. The summed E-state index contributed by atoms with van der Waals surface area (Å²) in [7, 11) is 0. The van der Waals surface area contributed by atoms with Crippen LogP contribution in [-0.4, -0.2) is 36.6 Å². The van der Waals surface area contributed by atoms with Crippen LogP contribution in [0.4, 0.5) is 0 Å². The van der Waals surface area contributed by atoms with Crippen LogP contribution in [-0.2, 0) is 0 Å². The van der Waals surface area contributed by atoms with Gasteiger partial charge in [-0.05, 0) is 63.2 Å². The third-order valence-electron chi connectivity index (χ3n) is 5.20. The van der Waals surface area contributed by atoms with Gasteiger partial charge in [0.25, 0.3) is 0 Å². The lowest BCUT2D eigenvalue weighted by Gasteiger charge is -2.39. The molecule has 0 amide bonds. The lowest BCUT2D eigenvalue weighted by molar-refractivity contribution is 0.160. The maximum Gasteiger partial charge on any atom is 0.0440 e. The molecule has 1 aromatic carbocycles. The molecule has 116 valence electrons. The van der Waals surface area contributed by atoms with Gasteiger partial charge in [0.05, 0.1) is 0 Å². The first-order chi connectivity index (χ1) is 10.2. The summed E-state index contributed by atoms with van der Waals surface area (Å²) >= 11 is 6.28. The molecule has 1 N–H and O–H groups in total. The fourth-order valence-corrected chi connectivity index (χ4v) is 3.96. The second kappa shape index (κ2) is 7.13. The molecule has 0 spiro atoms. The lowest BCUT2D eigenvalue weighted by atomic mass is 9.76. The Kier molecular flexibility index (Phi) is 5.20. The summed E-state index contributed by atoms with van der Waals surface area (Å²) in [5.74, 6) is 0.654. The van der Waals surface area contributed by atoms with Crippen LogP contribution in [0.25, 0.3) is 0 Å². The lowest BCUT2D eigenvalue weighted by Crippen LogP contribution is -2.48. The molecule has 2 aliphatic rings. The summed E-state index contributed by atoms with van der Waals surface area (Å²) in [5, 5.41) is 4.68. The zero-order chi connectivity index (χ0) is 14.7. The van der Waals surface area contributed by atoms with Crippen molar-refractivity contribution < 1.29 is 0 Å². The van der Waals surface area contributed by atoms with E-state index in [1.807, 2.05) is 12.1 Å². The van der Waals surface area contributed by atoms with Crippen molar-refractivity contribution in [3.05, 3.63) is 34.9 Å². The van der Waals surface area contributed by atoms with Gasteiger partial charge in [0, 0.05) is 23.7 Å². The van der Waals surface area contributed by atoms with Crippen molar-refractivity contribution >= 4 is 11.6 Å². The van der Waals surface area contributed by atoms with Gasteiger partial charge in [0.15, 0.2) is 0 Å². The topological polar surface area (TPSA) is 15.3 Å². The highest BCUT2D eigenvalue weighted by atomic mass is 35.5. The van der Waals surface area contributed by atoms with Gasteiger partial charge >= 0.3 is 0 Å². The third-order valence-corrected chi connectivity index (χ3v) is 5.54. The summed E-state index contributed by atoms with van der Waals surface area (Å²) < 4.78 is 0. The van der Waals surface area contributed by atoms with Crippen molar-refractivity contribution in [1.29, 1.82) is 0 Å². The molecule has 1 aliphatic heterocycles. The Balaban J connectivity index is 1.40. The zero-order valence-corrected chi connectivity index (χ0v) is 13.8. The van der Waals surface area contributed by atoms with Gasteiger partial charge in [0.1, 0.15) is 0 Å². The van der Waals surface area contributed by atoms with Gasteiger partial charge in [-0.1, -0.05) is 36.2 Å². The van der Waals surface area contributed by atoms with Crippen molar-refractivity contribution in [1.82, 2.24) is 10.2 Å². The molecule has 3 heteroatoms. The largest absolute Gasteiger partial charge is 0.312 e. The Hall–Kier alpha value is -0.570. The minimum atomic E-state index is 0.654. The van der Waals surface area contributed by atoms with Gasteiger partial charge in [-0.25, -0.2) is 0 Å². The number of rotatable bonds is 5. The van der Waals surface area contributed by atoms with E-state index in [9.17, 15) is 0 Å². The molecule has 3 rings (SSSR count). The fourth-order valence-electron chi connectivity index (χ4n) is 3.67. The number of halogens is 1. The van der Waals surface area contributed by atoms with E-state index in [0.717, 1.165) is 11.6 Å². The molecule has 21 heavy (non-hydrogen) atoms. The molecule has 0 bridgehead atoms. The van der Waals surface area contributed by atoms with E-state index in [0.29, 0.717) is 18.0 Å². The molecular formula is C18H27ClN2. The normalized spacial score (nSPS) is 28.1. The second-order valence-corrected chi connectivity index (χ2v) is 7.15.